The van der Waals surface area contributed by atoms with E-state index in [1.54, 1.807) is 20.0 Å². The molecule has 6 rings (SSSR count). The standard InChI is InChI=1S/C26H25F4N7O/c1-12-9-36(11-21(38-12)15-8-31-37(10-15)16-4-5-16)26-34-22(23-25(35-26)33-14(3)13(2)32-23)17-6-18(24(29)30)20(28)7-19(17)27/h6-8,10,12,16,21,24H,4-5,9,11H2,1-3H3/t12-,21+/m0/s1. The Morgan fingerprint density at radius 1 is 0.974 bits per heavy atom. The van der Waals surface area contributed by atoms with Gasteiger partial charge in [0.1, 0.15) is 28.9 Å². The highest BCUT2D eigenvalue weighted by atomic mass is 19.3. The normalized spacial score (nSPS) is 20.1. The third-order valence-electron chi connectivity index (χ3n) is 6.96. The van der Waals surface area contributed by atoms with Gasteiger partial charge < -0.3 is 9.64 Å². The minimum absolute atomic E-state index is 0.0303. The zero-order chi connectivity index (χ0) is 26.7. The highest BCUT2D eigenvalue weighted by Gasteiger charge is 2.32. The highest BCUT2D eigenvalue weighted by Crippen LogP contribution is 2.37. The molecule has 0 spiro atoms. The number of anilines is 1. The second-order valence-electron chi connectivity index (χ2n) is 9.92. The van der Waals surface area contributed by atoms with E-state index in [1.165, 1.54) is 0 Å². The Morgan fingerprint density at radius 3 is 2.47 bits per heavy atom. The van der Waals surface area contributed by atoms with Crippen molar-refractivity contribution in [3.05, 3.63) is 58.7 Å². The van der Waals surface area contributed by atoms with Gasteiger partial charge in [0, 0.05) is 29.9 Å². The molecule has 12 heteroatoms. The maximum absolute atomic E-state index is 15.0. The summed E-state index contributed by atoms with van der Waals surface area (Å²) in [6.07, 6.45) is 2.36. The molecule has 0 amide bonds. The Bertz CT molecular complexity index is 1540. The van der Waals surface area contributed by atoms with Crippen LogP contribution in [-0.4, -0.2) is 48.9 Å². The Hall–Kier alpha value is -3.67. The van der Waals surface area contributed by atoms with Crippen LogP contribution >= 0.6 is 0 Å². The molecule has 4 aromatic rings. The van der Waals surface area contributed by atoms with Gasteiger partial charge in [-0.15, -0.1) is 0 Å². The molecule has 38 heavy (non-hydrogen) atoms. The van der Waals surface area contributed by atoms with Crippen molar-refractivity contribution in [2.24, 2.45) is 0 Å². The van der Waals surface area contributed by atoms with Gasteiger partial charge in [-0.3, -0.25) is 4.68 Å². The summed E-state index contributed by atoms with van der Waals surface area (Å²) < 4.78 is 64.3. The molecule has 4 heterocycles. The minimum Gasteiger partial charge on any atom is -0.367 e. The molecule has 0 radical (unpaired) electrons. The fourth-order valence-corrected chi connectivity index (χ4v) is 4.70. The van der Waals surface area contributed by atoms with E-state index in [0.29, 0.717) is 36.6 Å². The van der Waals surface area contributed by atoms with Gasteiger partial charge >= 0.3 is 0 Å². The van der Waals surface area contributed by atoms with E-state index in [9.17, 15) is 13.2 Å². The number of alkyl halides is 2. The van der Waals surface area contributed by atoms with Gasteiger partial charge in [-0.25, -0.2) is 32.5 Å². The van der Waals surface area contributed by atoms with Crippen LogP contribution < -0.4 is 4.90 Å². The average Bonchev–Trinajstić information content (AvgIpc) is 3.60. The molecule has 0 bridgehead atoms. The van der Waals surface area contributed by atoms with E-state index in [0.717, 1.165) is 24.5 Å². The maximum Gasteiger partial charge on any atom is 0.266 e. The number of hydrogen-bond acceptors (Lipinski definition) is 7. The molecule has 1 aliphatic heterocycles. The van der Waals surface area contributed by atoms with Crippen LogP contribution in [0.4, 0.5) is 23.5 Å². The number of nitrogens with zero attached hydrogens (tertiary/aromatic N) is 7. The van der Waals surface area contributed by atoms with Crippen molar-refractivity contribution in [2.45, 2.75) is 58.3 Å². The molecule has 3 aromatic heterocycles. The fourth-order valence-electron chi connectivity index (χ4n) is 4.70. The smallest absolute Gasteiger partial charge is 0.266 e. The number of aryl methyl sites for hydroxylation is 2. The van der Waals surface area contributed by atoms with Crippen molar-refractivity contribution in [2.75, 3.05) is 18.0 Å². The molecule has 1 saturated heterocycles. The molecule has 2 atom stereocenters. The van der Waals surface area contributed by atoms with Gasteiger partial charge in [-0.05, 0) is 39.7 Å². The quantitative estimate of drug-likeness (QED) is 0.321. The monoisotopic (exact) mass is 527 g/mol. The number of halogens is 4. The van der Waals surface area contributed by atoms with Crippen LogP contribution in [0.3, 0.4) is 0 Å². The second-order valence-corrected chi connectivity index (χ2v) is 9.92. The van der Waals surface area contributed by atoms with Crippen LogP contribution in [0.2, 0.25) is 0 Å². The first kappa shape index (κ1) is 24.7. The van der Waals surface area contributed by atoms with E-state index in [2.05, 4.69) is 25.0 Å². The van der Waals surface area contributed by atoms with Crippen molar-refractivity contribution in [1.82, 2.24) is 29.7 Å². The lowest BCUT2D eigenvalue weighted by Crippen LogP contribution is -2.43. The number of benzene rings is 1. The Morgan fingerprint density at radius 2 is 1.74 bits per heavy atom. The van der Waals surface area contributed by atoms with Crippen molar-refractivity contribution >= 4 is 17.1 Å². The predicted molar refractivity (Wildman–Crippen MR) is 131 cm³/mol. The molecule has 0 N–H and O–H groups in total. The van der Waals surface area contributed by atoms with E-state index in [1.807, 2.05) is 22.7 Å². The molecule has 0 unspecified atom stereocenters. The van der Waals surface area contributed by atoms with E-state index < -0.39 is 23.6 Å². The molecule has 1 aliphatic carbocycles. The zero-order valence-electron chi connectivity index (χ0n) is 21.0. The summed E-state index contributed by atoms with van der Waals surface area (Å²) in [5.41, 5.74) is 1.18. The first-order valence-electron chi connectivity index (χ1n) is 12.4. The summed E-state index contributed by atoms with van der Waals surface area (Å²) in [5, 5.41) is 4.46. The molecule has 2 aliphatic rings. The van der Waals surface area contributed by atoms with Crippen molar-refractivity contribution in [3.8, 4) is 11.3 Å². The van der Waals surface area contributed by atoms with Gasteiger partial charge in [-0.2, -0.15) is 10.1 Å². The molecule has 2 fully saturated rings. The van der Waals surface area contributed by atoms with Crippen LogP contribution in [-0.2, 0) is 4.74 Å². The van der Waals surface area contributed by atoms with Crippen LogP contribution in [0.25, 0.3) is 22.4 Å². The zero-order valence-corrected chi connectivity index (χ0v) is 21.0. The number of rotatable bonds is 5. The molecular formula is C26H25F4N7O. The maximum atomic E-state index is 15.0. The number of ether oxygens (including phenoxy) is 1. The van der Waals surface area contributed by atoms with E-state index >= 15 is 4.39 Å². The molecular weight excluding hydrogens is 502 g/mol. The Kier molecular flexibility index (Phi) is 6.01. The molecule has 1 saturated carbocycles. The average molecular weight is 528 g/mol. The second kappa shape index (κ2) is 9.26. The van der Waals surface area contributed by atoms with E-state index in [4.69, 9.17) is 4.74 Å². The lowest BCUT2D eigenvalue weighted by atomic mass is 10.1. The van der Waals surface area contributed by atoms with Crippen molar-refractivity contribution < 1.29 is 22.3 Å². The summed E-state index contributed by atoms with van der Waals surface area (Å²) in [5.74, 6) is -2.13. The number of hydrogen-bond donors (Lipinski definition) is 0. The first-order chi connectivity index (χ1) is 18.2. The van der Waals surface area contributed by atoms with Crippen LogP contribution in [0.5, 0.6) is 0 Å². The van der Waals surface area contributed by atoms with Crippen LogP contribution in [0, 0.1) is 25.5 Å². The van der Waals surface area contributed by atoms with E-state index in [-0.39, 0.29) is 40.6 Å². The predicted octanol–water partition coefficient (Wildman–Crippen LogP) is 5.42. The largest absolute Gasteiger partial charge is 0.367 e. The molecule has 8 nitrogen and oxygen atoms in total. The third kappa shape index (κ3) is 4.46. The lowest BCUT2D eigenvalue weighted by molar-refractivity contribution is -0.0178. The van der Waals surface area contributed by atoms with Gasteiger partial charge in [0.2, 0.25) is 5.95 Å². The van der Waals surface area contributed by atoms with Crippen molar-refractivity contribution in [1.29, 1.82) is 0 Å². The topological polar surface area (TPSA) is 81.9 Å². The van der Waals surface area contributed by atoms with Gasteiger partial charge in [-0.1, -0.05) is 0 Å². The van der Waals surface area contributed by atoms with Crippen LogP contribution in [0.15, 0.2) is 24.5 Å². The number of fused-ring (bicyclic) bond motifs is 1. The van der Waals surface area contributed by atoms with Crippen molar-refractivity contribution in [3.63, 3.8) is 0 Å². The minimum atomic E-state index is -3.13. The summed E-state index contributed by atoms with van der Waals surface area (Å²) in [6.45, 7) is 6.24. The van der Waals surface area contributed by atoms with Crippen LogP contribution in [0.1, 0.15) is 60.9 Å². The first-order valence-corrected chi connectivity index (χ1v) is 12.4. The Balaban J connectivity index is 1.46. The Labute approximate surface area is 215 Å². The van der Waals surface area contributed by atoms with Gasteiger partial charge in [0.15, 0.2) is 5.65 Å². The van der Waals surface area contributed by atoms with Gasteiger partial charge in [0.05, 0.1) is 41.8 Å². The molecule has 1 aromatic carbocycles. The summed E-state index contributed by atoms with van der Waals surface area (Å²) in [6, 6.07) is 1.67. The fraction of sp³-hybridized carbons (Fsp3) is 0.423. The SMILES string of the molecule is Cc1nc2nc(N3C[C@H](C)O[C@@H](c4cnn(C5CC5)c4)C3)nc(-c3cc(C(F)F)c(F)cc3F)c2nc1C. The lowest BCUT2D eigenvalue weighted by Gasteiger charge is -2.36. The van der Waals surface area contributed by atoms with Gasteiger partial charge in [0.25, 0.3) is 6.43 Å². The number of morpholine rings is 1. The summed E-state index contributed by atoms with van der Waals surface area (Å²) >= 11 is 0. The summed E-state index contributed by atoms with van der Waals surface area (Å²) in [7, 11) is 0. The highest BCUT2D eigenvalue weighted by molar-refractivity contribution is 5.88. The number of aromatic nitrogens is 6. The third-order valence-corrected chi connectivity index (χ3v) is 6.96. The summed E-state index contributed by atoms with van der Waals surface area (Å²) in [4.78, 5) is 20.1. The molecule has 198 valence electrons.